The predicted molar refractivity (Wildman–Crippen MR) is 77.9 cm³/mol. The molecular weight excluding hydrogens is 357 g/mol. The average molecular weight is 366 g/mol. The molecule has 10 heteroatoms. The van der Waals surface area contributed by atoms with E-state index in [-0.39, 0.29) is 11.7 Å². The number of aliphatic imine (C=N–C) groups is 1. The highest BCUT2D eigenvalue weighted by atomic mass is 79.9. The standard InChI is InChI=1S/C12H9BrFN7O/c13-8-3-7(1-2-9(8)14)18-12(15)11-10(19-22-20-11)4-21-5-16-17-6-21/h1-3,5-6H,4H2,(H2,15,18). The fourth-order valence-corrected chi connectivity index (χ4v) is 2.09. The summed E-state index contributed by atoms with van der Waals surface area (Å²) in [6.45, 7) is 0.342. The number of nitrogens with two attached hydrogens (primary N) is 1. The Morgan fingerprint density at radius 1 is 1.32 bits per heavy atom. The van der Waals surface area contributed by atoms with E-state index in [0.717, 1.165) is 0 Å². The Kier molecular flexibility index (Phi) is 3.92. The van der Waals surface area contributed by atoms with Gasteiger partial charge in [0.15, 0.2) is 11.5 Å². The Bertz CT molecular complexity index is 815. The zero-order chi connectivity index (χ0) is 15.5. The molecule has 1 aromatic carbocycles. The normalized spacial score (nSPS) is 11.8. The molecule has 2 N–H and O–H groups in total. The zero-order valence-electron chi connectivity index (χ0n) is 11.0. The SMILES string of the molecule is NC(=Nc1ccc(F)c(Br)c1)c1nonc1Cn1cnnc1. The Morgan fingerprint density at radius 2 is 2.09 bits per heavy atom. The first-order valence-corrected chi connectivity index (χ1v) is 6.86. The summed E-state index contributed by atoms with van der Waals surface area (Å²) in [5, 5.41) is 14.9. The second-order valence-electron chi connectivity index (χ2n) is 4.29. The van der Waals surface area contributed by atoms with E-state index < -0.39 is 0 Å². The third-order valence-corrected chi connectivity index (χ3v) is 3.36. The smallest absolute Gasteiger partial charge is 0.174 e. The lowest BCUT2D eigenvalue weighted by Gasteiger charge is -2.01. The molecule has 0 saturated heterocycles. The number of benzene rings is 1. The van der Waals surface area contributed by atoms with Crippen molar-refractivity contribution < 1.29 is 9.02 Å². The monoisotopic (exact) mass is 365 g/mol. The minimum Gasteiger partial charge on any atom is -0.382 e. The Morgan fingerprint density at radius 3 is 2.82 bits per heavy atom. The summed E-state index contributed by atoms with van der Waals surface area (Å²) >= 11 is 3.09. The van der Waals surface area contributed by atoms with E-state index in [1.54, 1.807) is 4.57 Å². The highest BCUT2D eigenvalue weighted by Gasteiger charge is 2.15. The minimum atomic E-state index is -0.381. The third kappa shape index (κ3) is 3.01. The van der Waals surface area contributed by atoms with Crippen molar-refractivity contribution in [3.63, 3.8) is 0 Å². The van der Waals surface area contributed by atoms with Gasteiger partial charge in [-0.15, -0.1) is 10.2 Å². The van der Waals surface area contributed by atoms with Crippen LogP contribution in [-0.2, 0) is 6.54 Å². The predicted octanol–water partition coefficient (Wildman–Crippen LogP) is 1.65. The van der Waals surface area contributed by atoms with E-state index in [4.69, 9.17) is 10.4 Å². The second kappa shape index (κ2) is 6.02. The van der Waals surface area contributed by atoms with Gasteiger partial charge in [0.05, 0.1) is 16.7 Å². The Labute approximate surface area is 132 Å². The molecule has 0 saturated carbocycles. The molecular formula is C12H9BrFN7O. The van der Waals surface area contributed by atoms with Gasteiger partial charge < -0.3 is 10.3 Å². The van der Waals surface area contributed by atoms with Crippen LogP contribution < -0.4 is 5.73 Å². The van der Waals surface area contributed by atoms with E-state index in [2.05, 4.69) is 41.4 Å². The lowest BCUT2D eigenvalue weighted by molar-refractivity contribution is 0.302. The van der Waals surface area contributed by atoms with Crippen molar-refractivity contribution in [1.82, 2.24) is 25.1 Å². The zero-order valence-corrected chi connectivity index (χ0v) is 12.6. The van der Waals surface area contributed by atoms with Gasteiger partial charge in [-0.25, -0.2) is 14.0 Å². The minimum absolute atomic E-state index is 0.114. The fourth-order valence-electron chi connectivity index (χ4n) is 1.73. The number of aromatic nitrogens is 5. The van der Waals surface area contributed by atoms with Crippen molar-refractivity contribution >= 4 is 27.5 Å². The molecule has 2 heterocycles. The van der Waals surface area contributed by atoms with Crippen LogP contribution in [0.1, 0.15) is 11.4 Å². The number of hydrogen-bond acceptors (Lipinski definition) is 6. The molecule has 0 radical (unpaired) electrons. The molecule has 0 unspecified atom stereocenters. The molecule has 0 aliphatic heterocycles. The van der Waals surface area contributed by atoms with E-state index in [1.165, 1.54) is 30.9 Å². The van der Waals surface area contributed by atoms with Gasteiger partial charge >= 0.3 is 0 Å². The molecule has 0 atom stereocenters. The quantitative estimate of drug-likeness (QED) is 0.556. The van der Waals surface area contributed by atoms with Gasteiger partial charge in [0.2, 0.25) is 0 Å². The maximum absolute atomic E-state index is 13.2. The van der Waals surface area contributed by atoms with Crippen LogP contribution in [0, 0.1) is 5.82 Å². The fraction of sp³-hybridized carbons (Fsp3) is 0.0833. The van der Waals surface area contributed by atoms with Gasteiger partial charge in [0.1, 0.15) is 24.2 Å². The van der Waals surface area contributed by atoms with Crippen LogP contribution in [0.15, 0.2) is 44.9 Å². The molecule has 0 amide bonds. The summed E-state index contributed by atoms with van der Waals surface area (Å²) in [4.78, 5) is 4.19. The molecule has 3 rings (SSSR count). The Hall–Kier alpha value is -2.62. The van der Waals surface area contributed by atoms with Crippen LogP contribution in [-0.4, -0.2) is 30.9 Å². The number of rotatable bonds is 4. The van der Waals surface area contributed by atoms with Gasteiger partial charge in [0, 0.05) is 0 Å². The van der Waals surface area contributed by atoms with E-state index >= 15 is 0 Å². The first kappa shape index (κ1) is 14.3. The number of hydrogen-bond donors (Lipinski definition) is 1. The van der Waals surface area contributed by atoms with Gasteiger partial charge in [0.25, 0.3) is 0 Å². The number of amidine groups is 1. The van der Waals surface area contributed by atoms with Crippen LogP contribution in [0.3, 0.4) is 0 Å². The maximum Gasteiger partial charge on any atom is 0.174 e. The highest BCUT2D eigenvalue weighted by Crippen LogP contribution is 2.22. The Balaban J connectivity index is 1.88. The molecule has 22 heavy (non-hydrogen) atoms. The van der Waals surface area contributed by atoms with Crippen LogP contribution in [0.5, 0.6) is 0 Å². The number of halogens is 2. The van der Waals surface area contributed by atoms with Crippen molar-refractivity contribution in [2.24, 2.45) is 10.7 Å². The lowest BCUT2D eigenvalue weighted by atomic mass is 10.3. The molecule has 112 valence electrons. The van der Waals surface area contributed by atoms with Crippen molar-refractivity contribution in [3.8, 4) is 0 Å². The topological polar surface area (TPSA) is 108 Å². The maximum atomic E-state index is 13.2. The van der Waals surface area contributed by atoms with E-state index in [9.17, 15) is 4.39 Å². The molecule has 0 aliphatic carbocycles. The molecule has 0 aliphatic rings. The summed E-state index contributed by atoms with van der Waals surface area (Å²) in [5.41, 5.74) is 7.21. The highest BCUT2D eigenvalue weighted by molar-refractivity contribution is 9.10. The molecule has 0 spiro atoms. The largest absolute Gasteiger partial charge is 0.382 e. The van der Waals surface area contributed by atoms with Crippen LogP contribution in [0.2, 0.25) is 0 Å². The van der Waals surface area contributed by atoms with E-state index in [0.29, 0.717) is 28.1 Å². The third-order valence-electron chi connectivity index (χ3n) is 2.75. The van der Waals surface area contributed by atoms with Crippen molar-refractivity contribution in [2.75, 3.05) is 0 Å². The van der Waals surface area contributed by atoms with E-state index in [1.807, 2.05) is 0 Å². The summed E-state index contributed by atoms with van der Waals surface area (Å²) < 4.78 is 19.9. The molecule has 0 bridgehead atoms. The van der Waals surface area contributed by atoms with Gasteiger partial charge in [-0.1, -0.05) is 5.16 Å². The summed E-state index contributed by atoms with van der Waals surface area (Å²) in [6, 6.07) is 4.30. The van der Waals surface area contributed by atoms with Crippen molar-refractivity contribution in [2.45, 2.75) is 6.54 Å². The van der Waals surface area contributed by atoms with Gasteiger partial charge in [-0.05, 0) is 39.3 Å². The van der Waals surface area contributed by atoms with Crippen molar-refractivity contribution in [1.29, 1.82) is 0 Å². The average Bonchev–Trinajstić information content (AvgIpc) is 3.15. The number of nitrogens with zero attached hydrogens (tertiary/aromatic N) is 6. The van der Waals surface area contributed by atoms with Crippen LogP contribution in [0.4, 0.5) is 10.1 Å². The van der Waals surface area contributed by atoms with Gasteiger partial charge in [-0.2, -0.15) is 0 Å². The summed E-state index contributed by atoms with van der Waals surface area (Å²) in [5.74, 6) is -0.267. The molecule has 3 aromatic rings. The van der Waals surface area contributed by atoms with Crippen LogP contribution >= 0.6 is 15.9 Å². The summed E-state index contributed by atoms with van der Waals surface area (Å²) in [7, 11) is 0. The second-order valence-corrected chi connectivity index (χ2v) is 5.14. The first-order chi connectivity index (χ1) is 10.6. The lowest BCUT2D eigenvalue weighted by Crippen LogP contribution is -2.16. The molecule has 0 fully saturated rings. The molecule has 2 aromatic heterocycles. The molecule has 8 nitrogen and oxygen atoms in total. The van der Waals surface area contributed by atoms with Gasteiger partial charge in [-0.3, -0.25) is 0 Å². The van der Waals surface area contributed by atoms with Crippen LogP contribution in [0.25, 0.3) is 0 Å². The van der Waals surface area contributed by atoms with Crippen molar-refractivity contribution in [3.05, 3.63) is 52.5 Å². The first-order valence-electron chi connectivity index (χ1n) is 6.07. The summed E-state index contributed by atoms with van der Waals surface area (Å²) in [6.07, 6.45) is 3.06.